The maximum atomic E-state index is 14.1. The van der Waals surface area contributed by atoms with Crippen LogP contribution in [-0.4, -0.2) is 41.1 Å². The first-order valence-corrected chi connectivity index (χ1v) is 13.2. The molecular weight excluding hydrogens is 492 g/mol. The molecule has 1 N–H and O–H groups in total. The van der Waals surface area contributed by atoms with Gasteiger partial charge in [-0.1, -0.05) is 41.9 Å². The van der Waals surface area contributed by atoms with E-state index in [1.54, 1.807) is 25.3 Å². The molecule has 2 aliphatic rings. The Kier molecular flexibility index (Phi) is 5.99. The van der Waals surface area contributed by atoms with Crippen LogP contribution in [0.5, 0.6) is 5.75 Å². The van der Waals surface area contributed by atoms with Crippen LogP contribution in [0.3, 0.4) is 0 Å². The summed E-state index contributed by atoms with van der Waals surface area (Å²) < 4.78 is 7.78. The van der Waals surface area contributed by atoms with E-state index in [4.69, 9.17) is 16.3 Å². The molecule has 1 unspecified atom stereocenters. The average Bonchev–Trinajstić information content (AvgIpc) is 3.46. The molecule has 0 aliphatic carbocycles. The molecule has 0 radical (unpaired) electrons. The van der Waals surface area contributed by atoms with Crippen LogP contribution >= 0.6 is 22.9 Å². The molecule has 36 heavy (non-hydrogen) atoms. The van der Waals surface area contributed by atoms with Crippen molar-refractivity contribution in [3.05, 3.63) is 99.1 Å². The van der Waals surface area contributed by atoms with E-state index in [0.717, 1.165) is 30.8 Å². The largest absolute Gasteiger partial charge is 0.495 e. The van der Waals surface area contributed by atoms with Gasteiger partial charge in [-0.2, -0.15) is 0 Å². The molecule has 1 atom stereocenters. The Morgan fingerprint density at radius 3 is 2.72 bits per heavy atom. The summed E-state index contributed by atoms with van der Waals surface area (Å²) in [5, 5.41) is 4.85. The van der Waals surface area contributed by atoms with Crippen LogP contribution in [-0.2, 0) is 19.5 Å². The first kappa shape index (κ1) is 23.2. The zero-order valence-corrected chi connectivity index (χ0v) is 21.8. The van der Waals surface area contributed by atoms with E-state index in [2.05, 4.69) is 52.3 Å². The minimum absolute atomic E-state index is 0.196. The van der Waals surface area contributed by atoms with Crippen molar-refractivity contribution in [3.8, 4) is 10.8 Å². The Morgan fingerprint density at radius 2 is 1.92 bits per heavy atom. The highest BCUT2D eigenvalue weighted by atomic mass is 35.5. The van der Waals surface area contributed by atoms with Crippen LogP contribution in [0, 0.1) is 0 Å². The Labute approximate surface area is 219 Å². The number of likely N-dealkylation sites (N-methyl/N-ethyl adjacent to an activating group) is 1. The number of aromatic nitrogens is 1. The van der Waals surface area contributed by atoms with Crippen molar-refractivity contribution in [3.63, 3.8) is 0 Å². The lowest BCUT2D eigenvalue weighted by atomic mass is 10.0. The van der Waals surface area contributed by atoms with E-state index in [1.165, 1.54) is 21.0 Å². The van der Waals surface area contributed by atoms with Gasteiger partial charge in [0.1, 0.15) is 10.8 Å². The number of thiophene rings is 1. The van der Waals surface area contributed by atoms with Crippen molar-refractivity contribution in [2.45, 2.75) is 25.6 Å². The first-order chi connectivity index (χ1) is 17.5. The van der Waals surface area contributed by atoms with Gasteiger partial charge in [-0.05, 0) is 54.9 Å². The number of carbonyl (C=O) groups excluding carboxylic acids is 1. The SMILES string of the molecule is COc1ccc(Cl)cc1NC(=O)N1Cc2c(sc3c2CCN(C)C3)-n2cccc2C1c1ccccc1. The second-order valence-corrected chi connectivity index (χ2v) is 10.8. The molecule has 0 fully saturated rings. The van der Waals surface area contributed by atoms with Crippen molar-refractivity contribution in [2.75, 3.05) is 26.0 Å². The minimum Gasteiger partial charge on any atom is -0.495 e. The number of carbonyl (C=O) groups is 1. The van der Waals surface area contributed by atoms with Crippen LogP contribution in [0.1, 0.15) is 33.3 Å². The summed E-state index contributed by atoms with van der Waals surface area (Å²) in [5.41, 5.74) is 5.32. The zero-order valence-electron chi connectivity index (χ0n) is 20.2. The standard InChI is InChI=1S/C28H27ClN4O2S/c1-31-14-12-20-21-16-33(28(34)30-22-15-19(29)10-11-24(22)35-2)26(18-7-4-3-5-8-18)23-9-6-13-32(23)27(21)36-25(20)17-31/h3-11,13,15,26H,12,14,16-17H2,1-2H3,(H,30,34). The number of anilines is 1. The number of nitrogens with zero attached hydrogens (tertiary/aromatic N) is 3. The highest BCUT2D eigenvalue weighted by Gasteiger charge is 2.36. The topological polar surface area (TPSA) is 49.7 Å². The van der Waals surface area contributed by atoms with E-state index in [0.29, 0.717) is 23.0 Å². The lowest BCUT2D eigenvalue weighted by molar-refractivity contribution is 0.194. The maximum absolute atomic E-state index is 14.1. The quantitative estimate of drug-likeness (QED) is 0.345. The van der Waals surface area contributed by atoms with Gasteiger partial charge in [0.05, 0.1) is 31.1 Å². The van der Waals surface area contributed by atoms with Crippen LogP contribution in [0.4, 0.5) is 10.5 Å². The summed E-state index contributed by atoms with van der Waals surface area (Å²) in [6, 6.07) is 19.2. The van der Waals surface area contributed by atoms with Gasteiger partial charge in [0.2, 0.25) is 0 Å². The molecule has 0 bridgehead atoms. The number of urea groups is 1. The summed E-state index contributed by atoms with van der Waals surface area (Å²) in [4.78, 5) is 19.8. The monoisotopic (exact) mass is 518 g/mol. The molecule has 2 aromatic carbocycles. The number of amides is 2. The van der Waals surface area contributed by atoms with Gasteiger partial charge in [0.15, 0.2) is 0 Å². The number of nitrogens with one attached hydrogen (secondary N) is 1. The molecule has 0 saturated carbocycles. The summed E-state index contributed by atoms with van der Waals surface area (Å²) in [5.74, 6) is 0.568. The van der Waals surface area contributed by atoms with Gasteiger partial charge in [0, 0.05) is 34.7 Å². The Balaban J connectivity index is 1.49. The van der Waals surface area contributed by atoms with Crippen molar-refractivity contribution < 1.29 is 9.53 Å². The molecule has 2 aliphatic heterocycles. The molecule has 2 aromatic heterocycles. The highest BCUT2D eigenvalue weighted by Crippen LogP contribution is 2.43. The predicted molar refractivity (Wildman–Crippen MR) is 145 cm³/mol. The van der Waals surface area contributed by atoms with Crippen LogP contribution < -0.4 is 10.1 Å². The lowest BCUT2D eigenvalue weighted by Gasteiger charge is -2.32. The maximum Gasteiger partial charge on any atom is 0.323 e. The normalized spacial score (nSPS) is 17.1. The third-order valence-corrected chi connectivity index (χ3v) is 8.53. The molecule has 6 rings (SSSR count). The Hall–Kier alpha value is -3.26. The van der Waals surface area contributed by atoms with Gasteiger partial charge in [-0.3, -0.25) is 0 Å². The fourth-order valence-electron chi connectivity index (χ4n) is 5.30. The van der Waals surface area contributed by atoms with Crippen LogP contribution in [0.2, 0.25) is 5.02 Å². The third-order valence-electron chi connectivity index (χ3n) is 7.03. The van der Waals surface area contributed by atoms with E-state index >= 15 is 0 Å². The van der Waals surface area contributed by atoms with E-state index in [1.807, 2.05) is 34.4 Å². The molecule has 2 amide bonds. The number of halogens is 1. The molecule has 0 spiro atoms. The zero-order chi connectivity index (χ0) is 24.8. The second-order valence-electron chi connectivity index (χ2n) is 9.29. The summed E-state index contributed by atoms with van der Waals surface area (Å²) in [7, 11) is 3.75. The van der Waals surface area contributed by atoms with Gasteiger partial charge in [-0.25, -0.2) is 4.79 Å². The van der Waals surface area contributed by atoms with Crippen LogP contribution in [0.15, 0.2) is 66.9 Å². The van der Waals surface area contributed by atoms with Crippen molar-refractivity contribution in [2.24, 2.45) is 0 Å². The Bertz CT molecular complexity index is 1430. The number of fused-ring (bicyclic) bond motifs is 5. The predicted octanol–water partition coefficient (Wildman–Crippen LogP) is 6.33. The number of rotatable bonds is 3. The van der Waals surface area contributed by atoms with Crippen LogP contribution in [0.25, 0.3) is 5.00 Å². The minimum atomic E-state index is -0.257. The van der Waals surface area contributed by atoms with Gasteiger partial charge in [-0.15, -0.1) is 11.3 Å². The van der Waals surface area contributed by atoms with Crippen molar-refractivity contribution >= 4 is 34.7 Å². The number of methoxy groups -OCH3 is 1. The lowest BCUT2D eigenvalue weighted by Crippen LogP contribution is -2.38. The summed E-state index contributed by atoms with van der Waals surface area (Å²) in [6.45, 7) is 2.47. The third kappa shape index (κ3) is 3.97. The number of hydrogen-bond acceptors (Lipinski definition) is 4. The fraction of sp³-hybridized carbons (Fsp3) is 0.250. The fourth-order valence-corrected chi connectivity index (χ4v) is 6.92. The van der Waals surface area contributed by atoms with Crippen molar-refractivity contribution in [1.29, 1.82) is 0 Å². The van der Waals surface area contributed by atoms with Gasteiger partial charge < -0.3 is 24.4 Å². The van der Waals surface area contributed by atoms with E-state index < -0.39 is 0 Å². The molecule has 8 heteroatoms. The van der Waals surface area contributed by atoms with Gasteiger partial charge in [0.25, 0.3) is 0 Å². The molecule has 0 saturated heterocycles. The highest BCUT2D eigenvalue weighted by molar-refractivity contribution is 7.15. The Morgan fingerprint density at radius 1 is 1.08 bits per heavy atom. The van der Waals surface area contributed by atoms with E-state index in [9.17, 15) is 4.79 Å². The molecule has 4 heterocycles. The second kappa shape index (κ2) is 9.32. The molecule has 4 aromatic rings. The molecular formula is C28H27ClN4O2S. The van der Waals surface area contributed by atoms with Gasteiger partial charge >= 0.3 is 6.03 Å². The van der Waals surface area contributed by atoms with E-state index in [-0.39, 0.29) is 12.1 Å². The molecule has 184 valence electrons. The summed E-state index contributed by atoms with van der Waals surface area (Å²) >= 11 is 8.11. The smallest absolute Gasteiger partial charge is 0.323 e. The van der Waals surface area contributed by atoms with Crippen molar-refractivity contribution in [1.82, 2.24) is 14.4 Å². The average molecular weight is 519 g/mol. The number of benzene rings is 2. The number of hydrogen-bond donors (Lipinski definition) is 1. The summed E-state index contributed by atoms with van der Waals surface area (Å²) in [6.07, 6.45) is 3.11. The first-order valence-electron chi connectivity index (χ1n) is 12.0. The molecule has 6 nitrogen and oxygen atoms in total. The number of ether oxygens (including phenoxy) is 1.